The number of amides is 3. The second-order valence-electron chi connectivity index (χ2n) is 7.22. The van der Waals surface area contributed by atoms with Gasteiger partial charge in [0.1, 0.15) is 0 Å². The SMILES string of the molecule is CCCCCN1C(c2ccccc2)=CN2C1=NC1C2C(=O)N(C)C(=O)N1C. The number of imide groups is 1. The molecule has 7 nitrogen and oxygen atoms in total. The molecule has 3 amide bonds. The molecule has 3 aliphatic rings. The van der Waals surface area contributed by atoms with Crippen molar-refractivity contribution in [2.45, 2.75) is 38.4 Å². The molecule has 0 radical (unpaired) electrons. The first kappa shape index (κ1) is 17.6. The lowest BCUT2D eigenvalue weighted by Gasteiger charge is -2.38. The highest BCUT2D eigenvalue weighted by atomic mass is 16.2. The first-order valence-corrected chi connectivity index (χ1v) is 9.50. The number of fused-ring (bicyclic) bond motifs is 3. The van der Waals surface area contributed by atoms with Crippen LogP contribution in [0.4, 0.5) is 4.79 Å². The van der Waals surface area contributed by atoms with Gasteiger partial charge in [0.05, 0.1) is 5.70 Å². The van der Waals surface area contributed by atoms with Gasteiger partial charge in [0.25, 0.3) is 5.91 Å². The normalized spacial score (nSPS) is 24.3. The molecule has 1 aromatic rings. The van der Waals surface area contributed by atoms with Crippen molar-refractivity contribution in [2.75, 3.05) is 20.6 Å². The van der Waals surface area contributed by atoms with Gasteiger partial charge in [0.2, 0.25) is 5.96 Å². The number of rotatable bonds is 5. The van der Waals surface area contributed by atoms with Crippen molar-refractivity contribution in [3.63, 3.8) is 0 Å². The quantitative estimate of drug-likeness (QED) is 0.750. The summed E-state index contributed by atoms with van der Waals surface area (Å²) in [4.78, 5) is 36.8. The first-order chi connectivity index (χ1) is 13.0. The summed E-state index contributed by atoms with van der Waals surface area (Å²) in [5.74, 6) is 0.559. The molecule has 2 atom stereocenters. The number of guanidine groups is 1. The molecular weight excluding hydrogens is 342 g/mol. The smallest absolute Gasteiger partial charge is 0.310 e. The lowest BCUT2D eigenvalue weighted by atomic mass is 10.1. The van der Waals surface area contributed by atoms with Crippen LogP contribution >= 0.6 is 0 Å². The lowest BCUT2D eigenvalue weighted by Crippen LogP contribution is -2.63. The van der Waals surface area contributed by atoms with Crippen LogP contribution in [0.2, 0.25) is 0 Å². The van der Waals surface area contributed by atoms with E-state index in [2.05, 4.69) is 24.0 Å². The fourth-order valence-electron chi connectivity index (χ4n) is 3.95. The van der Waals surface area contributed by atoms with Crippen molar-refractivity contribution in [3.8, 4) is 0 Å². The summed E-state index contributed by atoms with van der Waals surface area (Å²) >= 11 is 0. The lowest BCUT2D eigenvalue weighted by molar-refractivity contribution is -0.135. The van der Waals surface area contributed by atoms with Gasteiger partial charge in [-0.25, -0.2) is 9.79 Å². The number of nitrogens with zero attached hydrogens (tertiary/aromatic N) is 5. The maximum Gasteiger partial charge on any atom is 0.328 e. The Labute approximate surface area is 159 Å². The molecule has 0 bridgehead atoms. The molecule has 0 spiro atoms. The standard InChI is InChI=1S/C20H25N5O2/c1-4-5-9-12-24-15(14-10-7-6-8-11-14)13-25-16-17(21-19(24)25)22(2)20(27)23(3)18(16)26/h6-8,10-11,13,16-17H,4-5,9,12H2,1-3H3. The fourth-order valence-corrected chi connectivity index (χ4v) is 3.95. The Bertz CT molecular complexity index is 819. The van der Waals surface area contributed by atoms with Crippen LogP contribution in [0, 0.1) is 0 Å². The number of urea groups is 1. The number of carbonyl (C=O) groups is 2. The van der Waals surface area contributed by atoms with Crippen LogP contribution in [-0.2, 0) is 4.79 Å². The molecule has 142 valence electrons. The highest BCUT2D eigenvalue weighted by Crippen LogP contribution is 2.37. The second-order valence-corrected chi connectivity index (χ2v) is 7.22. The van der Waals surface area contributed by atoms with E-state index in [1.807, 2.05) is 29.3 Å². The molecule has 27 heavy (non-hydrogen) atoms. The monoisotopic (exact) mass is 367 g/mol. The summed E-state index contributed by atoms with van der Waals surface area (Å²) in [6.07, 6.45) is 4.86. The van der Waals surface area contributed by atoms with Crippen LogP contribution in [0.5, 0.6) is 0 Å². The Hall–Kier alpha value is -2.83. The number of carbonyl (C=O) groups excluding carboxylic acids is 2. The van der Waals surface area contributed by atoms with Crippen molar-refractivity contribution < 1.29 is 9.59 Å². The van der Waals surface area contributed by atoms with E-state index in [1.54, 1.807) is 11.9 Å². The number of aliphatic imine (C=N–C) groups is 1. The van der Waals surface area contributed by atoms with Crippen LogP contribution in [0.25, 0.3) is 5.70 Å². The Balaban J connectivity index is 1.71. The fraction of sp³-hybridized carbons (Fsp3) is 0.450. The van der Waals surface area contributed by atoms with E-state index in [0.29, 0.717) is 0 Å². The molecule has 7 heteroatoms. The highest BCUT2D eigenvalue weighted by Gasteiger charge is 2.53. The van der Waals surface area contributed by atoms with E-state index in [0.717, 1.165) is 43.0 Å². The third-order valence-electron chi connectivity index (χ3n) is 5.48. The molecule has 0 N–H and O–H groups in total. The van der Waals surface area contributed by atoms with Crippen LogP contribution in [0.3, 0.4) is 0 Å². The van der Waals surface area contributed by atoms with Gasteiger partial charge in [-0.1, -0.05) is 50.1 Å². The van der Waals surface area contributed by atoms with E-state index in [-0.39, 0.29) is 11.9 Å². The number of unbranched alkanes of at least 4 members (excludes halogenated alkanes) is 2. The highest BCUT2D eigenvalue weighted by molar-refractivity contribution is 6.06. The molecule has 3 heterocycles. The molecule has 2 unspecified atom stereocenters. The number of benzene rings is 1. The summed E-state index contributed by atoms with van der Waals surface area (Å²) in [6, 6.07) is 9.36. The Morgan fingerprint density at radius 2 is 1.81 bits per heavy atom. The molecule has 0 saturated carbocycles. The largest absolute Gasteiger partial charge is 0.328 e. The van der Waals surface area contributed by atoms with Crippen molar-refractivity contribution in [1.82, 2.24) is 19.6 Å². The van der Waals surface area contributed by atoms with E-state index >= 15 is 0 Å². The van der Waals surface area contributed by atoms with Gasteiger partial charge < -0.3 is 14.7 Å². The van der Waals surface area contributed by atoms with Crippen LogP contribution in [-0.4, -0.2) is 70.3 Å². The van der Waals surface area contributed by atoms with Crippen LogP contribution < -0.4 is 0 Å². The third kappa shape index (κ3) is 2.69. The molecule has 1 saturated heterocycles. The predicted molar refractivity (Wildman–Crippen MR) is 103 cm³/mol. The third-order valence-corrected chi connectivity index (χ3v) is 5.48. The average molecular weight is 367 g/mol. The molecular formula is C20H25N5O2. The number of hydrogen-bond donors (Lipinski definition) is 0. The molecule has 0 aromatic heterocycles. The zero-order valence-corrected chi connectivity index (χ0v) is 16.0. The van der Waals surface area contributed by atoms with Gasteiger partial charge in [0, 0.05) is 26.8 Å². The molecule has 4 rings (SSSR count). The minimum Gasteiger partial charge on any atom is -0.310 e. The summed E-state index contributed by atoms with van der Waals surface area (Å²) in [5.41, 5.74) is 2.16. The van der Waals surface area contributed by atoms with Gasteiger partial charge in [-0.2, -0.15) is 0 Å². The summed E-state index contributed by atoms with van der Waals surface area (Å²) < 4.78 is 0. The van der Waals surface area contributed by atoms with Gasteiger partial charge >= 0.3 is 6.03 Å². The summed E-state index contributed by atoms with van der Waals surface area (Å²) in [7, 11) is 3.24. The number of likely N-dealkylation sites (N-methyl/N-ethyl adjacent to an activating group) is 2. The molecule has 1 fully saturated rings. The Kier molecular flexibility index (Phi) is 4.37. The minimum absolute atomic E-state index is 0.207. The maximum absolute atomic E-state index is 12.8. The summed E-state index contributed by atoms with van der Waals surface area (Å²) in [6.45, 7) is 3.02. The van der Waals surface area contributed by atoms with E-state index in [9.17, 15) is 9.59 Å². The van der Waals surface area contributed by atoms with Gasteiger partial charge in [-0.05, 0) is 12.0 Å². The zero-order chi connectivity index (χ0) is 19.1. The second kappa shape index (κ2) is 6.72. The van der Waals surface area contributed by atoms with Crippen LogP contribution in [0.1, 0.15) is 31.7 Å². The number of hydrogen-bond acceptors (Lipinski definition) is 5. The van der Waals surface area contributed by atoms with Crippen molar-refractivity contribution >= 4 is 23.6 Å². The van der Waals surface area contributed by atoms with Gasteiger partial charge in [-0.3, -0.25) is 9.69 Å². The minimum atomic E-state index is -0.498. The van der Waals surface area contributed by atoms with Gasteiger partial charge in [-0.15, -0.1) is 0 Å². The Morgan fingerprint density at radius 1 is 1.07 bits per heavy atom. The summed E-state index contributed by atoms with van der Waals surface area (Å²) in [5, 5.41) is 0. The van der Waals surface area contributed by atoms with Crippen molar-refractivity contribution in [2.24, 2.45) is 4.99 Å². The maximum atomic E-state index is 12.8. The van der Waals surface area contributed by atoms with Gasteiger partial charge in [0.15, 0.2) is 12.2 Å². The average Bonchev–Trinajstić information content (AvgIpc) is 3.22. The van der Waals surface area contributed by atoms with Crippen molar-refractivity contribution in [3.05, 3.63) is 42.1 Å². The zero-order valence-electron chi connectivity index (χ0n) is 16.0. The van der Waals surface area contributed by atoms with E-state index < -0.39 is 12.2 Å². The molecule has 1 aromatic carbocycles. The Morgan fingerprint density at radius 3 is 2.52 bits per heavy atom. The molecule has 0 aliphatic carbocycles. The van der Waals surface area contributed by atoms with Crippen LogP contribution in [0.15, 0.2) is 41.5 Å². The van der Waals surface area contributed by atoms with E-state index in [1.165, 1.54) is 11.9 Å². The van der Waals surface area contributed by atoms with E-state index in [4.69, 9.17) is 4.99 Å². The first-order valence-electron chi connectivity index (χ1n) is 9.50. The van der Waals surface area contributed by atoms with Crippen molar-refractivity contribution in [1.29, 1.82) is 0 Å². The molecule has 3 aliphatic heterocycles. The topological polar surface area (TPSA) is 59.5 Å². The predicted octanol–water partition coefficient (Wildman–Crippen LogP) is 2.38.